The van der Waals surface area contributed by atoms with Gasteiger partial charge in [0.25, 0.3) is 0 Å². The van der Waals surface area contributed by atoms with Crippen molar-refractivity contribution in [1.29, 1.82) is 5.26 Å². The topological polar surface area (TPSA) is 63.0 Å². The molecule has 3 rings (SSSR count). The maximum absolute atomic E-state index is 11.6. The molecular formula is C17H16N2O2S. The van der Waals surface area contributed by atoms with Crippen molar-refractivity contribution >= 4 is 17.3 Å². The molecule has 112 valence electrons. The van der Waals surface area contributed by atoms with Crippen molar-refractivity contribution in [1.82, 2.24) is 4.98 Å². The molecule has 1 heterocycles. The zero-order chi connectivity index (χ0) is 15.5. The highest BCUT2D eigenvalue weighted by atomic mass is 32.1. The summed E-state index contributed by atoms with van der Waals surface area (Å²) in [5.41, 5.74) is 2.74. The molecule has 5 heteroatoms. The molecule has 0 unspecified atom stereocenters. The van der Waals surface area contributed by atoms with Crippen LogP contribution < -0.4 is 0 Å². The van der Waals surface area contributed by atoms with E-state index in [0.717, 1.165) is 35.5 Å². The second kappa shape index (κ2) is 6.29. The first-order chi connectivity index (χ1) is 10.7. The average molecular weight is 312 g/mol. The summed E-state index contributed by atoms with van der Waals surface area (Å²) < 4.78 is 4.83. The van der Waals surface area contributed by atoms with E-state index >= 15 is 0 Å². The van der Waals surface area contributed by atoms with Crippen LogP contribution in [0.15, 0.2) is 29.6 Å². The van der Waals surface area contributed by atoms with E-state index in [1.54, 1.807) is 23.5 Å². The van der Waals surface area contributed by atoms with Gasteiger partial charge in [0.15, 0.2) is 0 Å². The van der Waals surface area contributed by atoms with Gasteiger partial charge in [0.05, 0.1) is 30.4 Å². The number of benzene rings is 1. The van der Waals surface area contributed by atoms with Crippen LogP contribution in [-0.4, -0.2) is 18.1 Å². The van der Waals surface area contributed by atoms with Gasteiger partial charge in [0, 0.05) is 16.9 Å². The van der Waals surface area contributed by atoms with E-state index in [2.05, 4.69) is 11.4 Å². The van der Waals surface area contributed by atoms with Crippen LogP contribution in [0, 0.1) is 17.2 Å². The Balaban J connectivity index is 1.74. The SMILES string of the molecule is COC(=O)[C@@H]1CC[C@H](c2csc(-c3ccc(C#N)cc3)n2)C1. The maximum atomic E-state index is 11.6. The third kappa shape index (κ3) is 2.88. The van der Waals surface area contributed by atoms with Gasteiger partial charge in [-0.3, -0.25) is 4.79 Å². The number of hydrogen-bond donors (Lipinski definition) is 0. The fourth-order valence-electron chi connectivity index (χ4n) is 2.92. The van der Waals surface area contributed by atoms with Crippen LogP contribution in [0.1, 0.15) is 36.4 Å². The Morgan fingerprint density at radius 3 is 2.82 bits per heavy atom. The van der Waals surface area contributed by atoms with Gasteiger partial charge in [-0.05, 0) is 31.4 Å². The molecule has 1 aromatic carbocycles. The van der Waals surface area contributed by atoms with Gasteiger partial charge in [-0.15, -0.1) is 11.3 Å². The quantitative estimate of drug-likeness (QED) is 0.810. The lowest BCUT2D eigenvalue weighted by molar-refractivity contribution is -0.145. The summed E-state index contributed by atoms with van der Waals surface area (Å²) in [6.07, 6.45) is 2.68. The number of carbonyl (C=O) groups is 1. The molecule has 0 amide bonds. The fourth-order valence-corrected chi connectivity index (χ4v) is 3.83. The van der Waals surface area contributed by atoms with Crippen LogP contribution in [0.2, 0.25) is 0 Å². The summed E-state index contributed by atoms with van der Waals surface area (Å²) in [5.74, 6) is 0.243. The molecule has 0 bridgehead atoms. The first kappa shape index (κ1) is 14.7. The summed E-state index contributed by atoms with van der Waals surface area (Å²) in [6.45, 7) is 0. The molecule has 1 aliphatic rings. The van der Waals surface area contributed by atoms with Crippen molar-refractivity contribution in [2.24, 2.45) is 5.92 Å². The van der Waals surface area contributed by atoms with Crippen molar-refractivity contribution in [2.75, 3.05) is 7.11 Å². The summed E-state index contributed by atoms with van der Waals surface area (Å²) in [4.78, 5) is 16.3. The number of hydrogen-bond acceptors (Lipinski definition) is 5. The lowest BCUT2D eigenvalue weighted by atomic mass is 10.0. The van der Waals surface area contributed by atoms with E-state index in [1.807, 2.05) is 12.1 Å². The second-order valence-corrected chi connectivity index (χ2v) is 6.35. The van der Waals surface area contributed by atoms with Crippen LogP contribution in [0.5, 0.6) is 0 Å². The second-order valence-electron chi connectivity index (χ2n) is 5.50. The molecule has 1 aliphatic carbocycles. The Bertz CT molecular complexity index is 715. The monoisotopic (exact) mass is 312 g/mol. The molecule has 0 radical (unpaired) electrons. The van der Waals surface area contributed by atoms with Crippen molar-refractivity contribution in [3.05, 3.63) is 40.9 Å². The third-order valence-electron chi connectivity index (χ3n) is 4.17. The Morgan fingerprint density at radius 2 is 2.14 bits per heavy atom. The van der Waals surface area contributed by atoms with Gasteiger partial charge in [-0.2, -0.15) is 5.26 Å². The molecule has 1 aromatic heterocycles. The van der Waals surface area contributed by atoms with E-state index in [1.165, 1.54) is 7.11 Å². The molecule has 0 saturated heterocycles. The molecule has 2 aromatic rings. The lowest BCUT2D eigenvalue weighted by Gasteiger charge is -2.07. The van der Waals surface area contributed by atoms with E-state index < -0.39 is 0 Å². The molecule has 1 saturated carbocycles. The summed E-state index contributed by atoms with van der Waals surface area (Å²) in [6, 6.07) is 9.57. The largest absolute Gasteiger partial charge is 0.469 e. The zero-order valence-electron chi connectivity index (χ0n) is 12.3. The number of ether oxygens (including phenoxy) is 1. The van der Waals surface area contributed by atoms with Gasteiger partial charge < -0.3 is 4.74 Å². The van der Waals surface area contributed by atoms with E-state index in [0.29, 0.717) is 11.5 Å². The molecule has 1 fully saturated rings. The molecule has 0 spiro atoms. The lowest BCUT2D eigenvalue weighted by Crippen LogP contribution is -2.12. The van der Waals surface area contributed by atoms with E-state index in [9.17, 15) is 4.79 Å². The van der Waals surface area contributed by atoms with E-state index in [-0.39, 0.29) is 11.9 Å². The van der Waals surface area contributed by atoms with Crippen LogP contribution in [-0.2, 0) is 9.53 Å². The minimum absolute atomic E-state index is 0.00932. The Kier molecular flexibility index (Phi) is 4.21. The molecule has 22 heavy (non-hydrogen) atoms. The molecule has 0 N–H and O–H groups in total. The van der Waals surface area contributed by atoms with Crippen LogP contribution in [0.25, 0.3) is 10.6 Å². The Morgan fingerprint density at radius 1 is 1.36 bits per heavy atom. The molecule has 4 nitrogen and oxygen atoms in total. The summed E-state index contributed by atoms with van der Waals surface area (Å²) >= 11 is 1.61. The van der Waals surface area contributed by atoms with Gasteiger partial charge in [0.1, 0.15) is 5.01 Å². The van der Waals surface area contributed by atoms with Crippen molar-refractivity contribution < 1.29 is 9.53 Å². The Hall–Kier alpha value is -2.19. The number of nitriles is 1. The minimum atomic E-state index is -0.106. The highest BCUT2D eigenvalue weighted by molar-refractivity contribution is 7.13. The number of carbonyl (C=O) groups excluding carboxylic acids is 1. The fraction of sp³-hybridized carbons (Fsp3) is 0.353. The number of rotatable bonds is 3. The predicted octanol–water partition coefficient (Wildman–Crippen LogP) is 3.74. The molecule has 2 atom stereocenters. The molecule has 0 aliphatic heterocycles. The number of aromatic nitrogens is 1. The average Bonchev–Trinajstić information content (AvgIpc) is 3.23. The first-order valence-corrected chi connectivity index (χ1v) is 8.13. The van der Waals surface area contributed by atoms with Gasteiger partial charge in [-0.25, -0.2) is 4.98 Å². The number of methoxy groups -OCH3 is 1. The predicted molar refractivity (Wildman–Crippen MR) is 84.4 cm³/mol. The first-order valence-electron chi connectivity index (χ1n) is 7.25. The highest BCUT2D eigenvalue weighted by Crippen LogP contribution is 2.40. The van der Waals surface area contributed by atoms with Crippen molar-refractivity contribution in [3.8, 4) is 16.6 Å². The van der Waals surface area contributed by atoms with Crippen molar-refractivity contribution in [3.63, 3.8) is 0 Å². The molecular weight excluding hydrogens is 296 g/mol. The van der Waals surface area contributed by atoms with Gasteiger partial charge >= 0.3 is 5.97 Å². The number of esters is 1. The zero-order valence-corrected chi connectivity index (χ0v) is 13.1. The van der Waals surface area contributed by atoms with Crippen molar-refractivity contribution in [2.45, 2.75) is 25.2 Å². The highest BCUT2D eigenvalue weighted by Gasteiger charge is 2.32. The summed E-state index contributed by atoms with van der Waals surface area (Å²) in [7, 11) is 1.45. The summed E-state index contributed by atoms with van der Waals surface area (Å²) in [5, 5.41) is 11.9. The third-order valence-corrected chi connectivity index (χ3v) is 5.08. The Labute approximate surface area is 133 Å². The van der Waals surface area contributed by atoms with Gasteiger partial charge in [0.2, 0.25) is 0 Å². The van der Waals surface area contributed by atoms with Crippen LogP contribution in [0.3, 0.4) is 0 Å². The maximum Gasteiger partial charge on any atom is 0.308 e. The standard InChI is InChI=1S/C17H16N2O2S/c1-21-17(20)14-7-6-13(8-14)15-10-22-16(19-15)12-4-2-11(9-18)3-5-12/h2-5,10,13-14H,6-8H2,1H3/t13-,14+/m0/s1. The number of thiazole rings is 1. The van der Waals surface area contributed by atoms with Gasteiger partial charge in [-0.1, -0.05) is 12.1 Å². The number of nitrogens with zero attached hydrogens (tertiary/aromatic N) is 2. The minimum Gasteiger partial charge on any atom is -0.469 e. The smallest absolute Gasteiger partial charge is 0.308 e. The van der Waals surface area contributed by atoms with Crippen LogP contribution >= 0.6 is 11.3 Å². The normalized spacial score (nSPS) is 20.5. The van der Waals surface area contributed by atoms with E-state index in [4.69, 9.17) is 15.0 Å². The van der Waals surface area contributed by atoms with Crippen LogP contribution in [0.4, 0.5) is 0 Å².